The van der Waals surface area contributed by atoms with Crippen molar-refractivity contribution in [1.82, 2.24) is 15.5 Å². The molecule has 1 aliphatic heterocycles. The lowest BCUT2D eigenvalue weighted by atomic mass is 9.92. The predicted octanol–water partition coefficient (Wildman–Crippen LogP) is 2.11. The number of carbonyl (C=O) groups excluding carboxylic acids is 3. The maximum absolute atomic E-state index is 13.3. The summed E-state index contributed by atoms with van der Waals surface area (Å²) in [6.07, 6.45) is 6.97. The molecule has 1 aromatic carbocycles. The standard InChI is InChI=1S/C26H40N4O4/c1-26(2,27)25(33)29-22(18-34-17-19-9-5-3-6-10-19)24(32)30-15-13-20(14-16-30)23(31)28-21-11-7-4-8-12-21/h3,5-6,9-10,20-22H,4,7-8,11-18,27H2,1-2H3,(H,28,31)(H,29,33). The second-order valence-corrected chi connectivity index (χ2v) is 10.2. The molecule has 4 N–H and O–H groups in total. The van der Waals surface area contributed by atoms with Crippen LogP contribution in [0.4, 0.5) is 0 Å². The Hall–Kier alpha value is -2.45. The number of rotatable bonds is 9. The fourth-order valence-electron chi connectivity index (χ4n) is 4.54. The van der Waals surface area contributed by atoms with E-state index in [9.17, 15) is 14.4 Å². The summed E-state index contributed by atoms with van der Waals surface area (Å²) in [6, 6.07) is 9.14. The van der Waals surface area contributed by atoms with Gasteiger partial charge in [-0.2, -0.15) is 0 Å². The van der Waals surface area contributed by atoms with Crippen LogP contribution in [0.1, 0.15) is 64.4 Å². The Kier molecular flexibility index (Phi) is 9.47. The Morgan fingerprint density at radius 3 is 2.32 bits per heavy atom. The topological polar surface area (TPSA) is 114 Å². The third-order valence-electron chi connectivity index (χ3n) is 6.71. The van der Waals surface area contributed by atoms with Gasteiger partial charge in [0.1, 0.15) is 6.04 Å². The van der Waals surface area contributed by atoms with Gasteiger partial charge in [0.05, 0.1) is 18.8 Å². The van der Waals surface area contributed by atoms with Crippen molar-refractivity contribution in [1.29, 1.82) is 0 Å². The molecule has 8 heteroatoms. The first-order valence-electron chi connectivity index (χ1n) is 12.5. The van der Waals surface area contributed by atoms with Crippen LogP contribution in [0.15, 0.2) is 30.3 Å². The molecule has 2 fully saturated rings. The highest BCUT2D eigenvalue weighted by atomic mass is 16.5. The number of likely N-dealkylation sites (tertiary alicyclic amines) is 1. The number of hydrogen-bond acceptors (Lipinski definition) is 5. The van der Waals surface area contributed by atoms with Gasteiger partial charge < -0.3 is 26.0 Å². The van der Waals surface area contributed by atoms with Crippen LogP contribution in [0.25, 0.3) is 0 Å². The normalized spacial score (nSPS) is 18.9. The number of benzene rings is 1. The summed E-state index contributed by atoms with van der Waals surface area (Å²) in [5.41, 5.74) is 5.81. The van der Waals surface area contributed by atoms with E-state index in [1.165, 1.54) is 19.3 Å². The number of nitrogens with two attached hydrogens (primary N) is 1. The minimum atomic E-state index is -1.11. The average molecular weight is 473 g/mol. The van der Waals surface area contributed by atoms with E-state index in [1.807, 2.05) is 30.3 Å². The van der Waals surface area contributed by atoms with Crippen molar-refractivity contribution in [3.05, 3.63) is 35.9 Å². The first kappa shape index (κ1) is 26.2. The van der Waals surface area contributed by atoms with Gasteiger partial charge in [-0.1, -0.05) is 49.6 Å². The fourth-order valence-corrected chi connectivity index (χ4v) is 4.54. The van der Waals surface area contributed by atoms with E-state index in [0.29, 0.717) is 38.6 Å². The van der Waals surface area contributed by atoms with E-state index in [2.05, 4.69) is 10.6 Å². The molecule has 0 aromatic heterocycles. The molecule has 1 aliphatic carbocycles. The number of nitrogens with one attached hydrogen (secondary N) is 2. The Morgan fingerprint density at radius 2 is 1.71 bits per heavy atom. The first-order valence-corrected chi connectivity index (χ1v) is 12.5. The molecule has 0 radical (unpaired) electrons. The molecule has 1 unspecified atom stereocenters. The largest absolute Gasteiger partial charge is 0.374 e. The molecule has 34 heavy (non-hydrogen) atoms. The van der Waals surface area contributed by atoms with Crippen molar-refractivity contribution >= 4 is 17.7 Å². The fraction of sp³-hybridized carbons (Fsp3) is 0.654. The van der Waals surface area contributed by atoms with Gasteiger partial charge in [0.15, 0.2) is 0 Å². The van der Waals surface area contributed by atoms with E-state index in [1.54, 1.807) is 18.7 Å². The molecule has 1 atom stereocenters. The van der Waals surface area contributed by atoms with Crippen LogP contribution in [0.2, 0.25) is 0 Å². The minimum Gasteiger partial charge on any atom is -0.374 e. The van der Waals surface area contributed by atoms with Crippen molar-refractivity contribution in [3.63, 3.8) is 0 Å². The summed E-state index contributed by atoms with van der Waals surface area (Å²) in [5.74, 6) is -0.566. The zero-order chi connectivity index (χ0) is 24.6. The highest BCUT2D eigenvalue weighted by Gasteiger charge is 2.34. The van der Waals surface area contributed by atoms with Gasteiger partial charge in [0, 0.05) is 25.0 Å². The van der Waals surface area contributed by atoms with Crippen molar-refractivity contribution in [2.75, 3.05) is 19.7 Å². The van der Waals surface area contributed by atoms with Crippen LogP contribution in [0.5, 0.6) is 0 Å². The van der Waals surface area contributed by atoms with Crippen molar-refractivity contribution in [2.24, 2.45) is 11.7 Å². The maximum Gasteiger partial charge on any atom is 0.247 e. The second-order valence-electron chi connectivity index (χ2n) is 10.2. The number of amides is 3. The van der Waals surface area contributed by atoms with Gasteiger partial charge in [0.25, 0.3) is 0 Å². The second kappa shape index (κ2) is 12.3. The smallest absolute Gasteiger partial charge is 0.247 e. The lowest BCUT2D eigenvalue weighted by Crippen LogP contribution is -2.58. The summed E-state index contributed by atoms with van der Waals surface area (Å²) in [5, 5.41) is 5.98. The van der Waals surface area contributed by atoms with Crippen LogP contribution >= 0.6 is 0 Å². The average Bonchev–Trinajstić information content (AvgIpc) is 2.83. The van der Waals surface area contributed by atoms with Crippen LogP contribution in [0, 0.1) is 5.92 Å². The molecule has 3 amide bonds. The van der Waals surface area contributed by atoms with Crippen LogP contribution in [-0.2, 0) is 25.7 Å². The zero-order valence-electron chi connectivity index (χ0n) is 20.6. The minimum absolute atomic E-state index is 0.0532. The highest BCUT2D eigenvalue weighted by molar-refractivity contribution is 5.91. The third kappa shape index (κ3) is 7.81. The van der Waals surface area contributed by atoms with Crippen molar-refractivity contribution in [2.45, 2.75) is 83.0 Å². The van der Waals surface area contributed by atoms with Gasteiger partial charge in [-0.25, -0.2) is 0 Å². The molecule has 1 heterocycles. The van der Waals surface area contributed by atoms with E-state index in [-0.39, 0.29) is 24.3 Å². The van der Waals surface area contributed by atoms with E-state index in [0.717, 1.165) is 18.4 Å². The third-order valence-corrected chi connectivity index (χ3v) is 6.71. The molecule has 188 valence electrons. The number of hydrogen-bond donors (Lipinski definition) is 3. The summed E-state index contributed by atoms with van der Waals surface area (Å²) >= 11 is 0. The SMILES string of the molecule is CC(C)(N)C(=O)NC(COCc1ccccc1)C(=O)N1CCC(C(=O)NC2CCCCC2)CC1. The molecule has 1 saturated heterocycles. The van der Waals surface area contributed by atoms with Gasteiger partial charge in [0.2, 0.25) is 17.7 Å². The Balaban J connectivity index is 1.53. The number of nitrogens with zero attached hydrogens (tertiary/aromatic N) is 1. The van der Waals surface area contributed by atoms with E-state index >= 15 is 0 Å². The Bertz CT molecular complexity index is 810. The molecular formula is C26H40N4O4. The van der Waals surface area contributed by atoms with E-state index in [4.69, 9.17) is 10.5 Å². The van der Waals surface area contributed by atoms with E-state index < -0.39 is 17.5 Å². The summed E-state index contributed by atoms with van der Waals surface area (Å²) < 4.78 is 5.78. The summed E-state index contributed by atoms with van der Waals surface area (Å²) in [7, 11) is 0. The van der Waals surface area contributed by atoms with Gasteiger partial charge in [-0.15, -0.1) is 0 Å². The van der Waals surface area contributed by atoms with Crippen molar-refractivity contribution in [3.8, 4) is 0 Å². The zero-order valence-corrected chi connectivity index (χ0v) is 20.6. The molecule has 0 bridgehead atoms. The lowest BCUT2D eigenvalue weighted by Gasteiger charge is -2.35. The molecule has 1 saturated carbocycles. The molecule has 2 aliphatic rings. The van der Waals surface area contributed by atoms with Gasteiger partial charge in [-0.3, -0.25) is 14.4 Å². The quantitative estimate of drug-likeness (QED) is 0.509. The maximum atomic E-state index is 13.3. The number of ether oxygens (including phenoxy) is 1. The monoisotopic (exact) mass is 472 g/mol. The van der Waals surface area contributed by atoms with Gasteiger partial charge >= 0.3 is 0 Å². The van der Waals surface area contributed by atoms with Crippen LogP contribution in [-0.4, -0.2) is 59.9 Å². The number of carbonyl (C=O) groups is 3. The molecule has 3 rings (SSSR count). The lowest BCUT2D eigenvalue weighted by molar-refractivity contribution is -0.141. The Labute approximate surface area is 203 Å². The predicted molar refractivity (Wildman–Crippen MR) is 131 cm³/mol. The molecule has 0 spiro atoms. The van der Waals surface area contributed by atoms with Gasteiger partial charge in [-0.05, 0) is 45.1 Å². The summed E-state index contributed by atoms with van der Waals surface area (Å²) in [6.45, 7) is 4.57. The summed E-state index contributed by atoms with van der Waals surface area (Å²) in [4.78, 5) is 40.2. The first-order chi connectivity index (χ1) is 16.2. The van der Waals surface area contributed by atoms with Crippen LogP contribution in [0.3, 0.4) is 0 Å². The Morgan fingerprint density at radius 1 is 1.06 bits per heavy atom. The van der Waals surface area contributed by atoms with Crippen molar-refractivity contribution < 1.29 is 19.1 Å². The number of piperidine rings is 1. The molecule has 8 nitrogen and oxygen atoms in total. The molecular weight excluding hydrogens is 432 g/mol. The molecule has 1 aromatic rings. The highest BCUT2D eigenvalue weighted by Crippen LogP contribution is 2.22. The van der Waals surface area contributed by atoms with Crippen LogP contribution < -0.4 is 16.4 Å².